The fourth-order valence-corrected chi connectivity index (χ4v) is 4.96. The number of ether oxygens (including phenoxy) is 4. The maximum Gasteiger partial charge on any atom is 0.0778 e. The second kappa shape index (κ2) is 17.8. The Morgan fingerprint density at radius 3 is 0.683 bits per heavy atom. The van der Waals surface area contributed by atoms with Gasteiger partial charge in [-0.1, -0.05) is 83.1 Å². The number of rotatable bonds is 20. The van der Waals surface area contributed by atoms with Gasteiger partial charge in [-0.25, -0.2) is 0 Å². The summed E-state index contributed by atoms with van der Waals surface area (Å²) >= 11 is 0. The number of hydrogen-bond donors (Lipinski definition) is 4. The minimum Gasteiger partial charge on any atom is -0.391 e. The third kappa shape index (κ3) is 24.8. The maximum atomic E-state index is 10.5. The molecule has 0 aliphatic heterocycles. The van der Waals surface area contributed by atoms with Crippen LogP contribution in [0.4, 0.5) is 0 Å². The topological polar surface area (TPSA) is 118 Å². The lowest BCUT2D eigenvalue weighted by Crippen LogP contribution is -2.44. The summed E-state index contributed by atoms with van der Waals surface area (Å²) in [7, 11) is 0. The van der Waals surface area contributed by atoms with Crippen LogP contribution < -0.4 is 0 Å². The van der Waals surface area contributed by atoms with Gasteiger partial charge in [-0.2, -0.15) is 0 Å². The fourth-order valence-electron chi connectivity index (χ4n) is 4.96. The molecule has 0 aliphatic carbocycles. The third-order valence-corrected chi connectivity index (χ3v) is 6.27. The minimum atomic E-state index is -0.772. The molecule has 41 heavy (non-hydrogen) atoms. The average molecular weight is 593 g/mol. The van der Waals surface area contributed by atoms with E-state index in [1.54, 1.807) is 0 Å². The molecular weight excluding hydrogens is 524 g/mol. The Kier molecular flexibility index (Phi) is 17.7. The Morgan fingerprint density at radius 1 is 0.366 bits per heavy atom. The summed E-state index contributed by atoms with van der Waals surface area (Å²) in [4.78, 5) is 0. The molecule has 0 amide bonds. The second-order valence-corrected chi connectivity index (χ2v) is 17.2. The van der Waals surface area contributed by atoms with Crippen LogP contribution in [0.15, 0.2) is 0 Å². The predicted molar refractivity (Wildman–Crippen MR) is 166 cm³/mol. The number of aliphatic hydroxyl groups excluding tert-OH is 4. The zero-order chi connectivity index (χ0) is 32.1. The van der Waals surface area contributed by atoms with Crippen molar-refractivity contribution in [3.63, 3.8) is 0 Å². The zero-order valence-electron chi connectivity index (χ0n) is 28.7. The van der Waals surface area contributed by atoms with Gasteiger partial charge in [-0.15, -0.1) is 0 Å². The molecule has 8 nitrogen and oxygen atoms in total. The van der Waals surface area contributed by atoms with Gasteiger partial charge in [0, 0.05) is 0 Å². The standard InChI is InChI=1S/C33H68O8/c1-29(2,3)13-25(34)17-38-21-33(22-39-18-26(35)14-30(4,5)6,23-40-19-27(36)15-31(7,8)9)24-41-20-28(37)16-32(10,11)12/h25-28,34-37H,13-24H2,1-12H3. The van der Waals surface area contributed by atoms with Crippen LogP contribution in [0, 0.1) is 27.1 Å². The quantitative estimate of drug-likeness (QED) is 0.152. The lowest BCUT2D eigenvalue weighted by molar-refractivity contribution is -0.135. The van der Waals surface area contributed by atoms with Gasteiger partial charge in [0.05, 0.1) is 82.7 Å². The first-order valence-electron chi connectivity index (χ1n) is 15.4. The Bertz CT molecular complexity index is 551. The zero-order valence-corrected chi connectivity index (χ0v) is 28.7. The monoisotopic (exact) mass is 592 g/mol. The van der Waals surface area contributed by atoms with Gasteiger partial charge in [0.15, 0.2) is 0 Å². The highest BCUT2D eigenvalue weighted by Gasteiger charge is 2.34. The highest BCUT2D eigenvalue weighted by molar-refractivity contribution is 4.82. The molecule has 4 N–H and O–H groups in total. The van der Waals surface area contributed by atoms with E-state index in [2.05, 4.69) is 83.1 Å². The second-order valence-electron chi connectivity index (χ2n) is 17.2. The van der Waals surface area contributed by atoms with E-state index in [1.165, 1.54) is 0 Å². The average Bonchev–Trinajstić information content (AvgIpc) is 2.68. The van der Waals surface area contributed by atoms with Crippen molar-refractivity contribution in [2.45, 2.75) is 133 Å². The smallest absolute Gasteiger partial charge is 0.0778 e. The minimum absolute atomic E-state index is 0.0369. The largest absolute Gasteiger partial charge is 0.391 e. The Hall–Kier alpha value is -0.320. The van der Waals surface area contributed by atoms with E-state index in [0.717, 1.165) is 0 Å². The van der Waals surface area contributed by atoms with Gasteiger partial charge in [0.2, 0.25) is 0 Å². The summed E-state index contributed by atoms with van der Waals surface area (Å²) in [5, 5.41) is 42.1. The van der Waals surface area contributed by atoms with Gasteiger partial charge >= 0.3 is 0 Å². The fraction of sp³-hybridized carbons (Fsp3) is 1.00. The van der Waals surface area contributed by atoms with Crippen molar-refractivity contribution in [3.8, 4) is 0 Å². The first kappa shape index (κ1) is 40.7. The van der Waals surface area contributed by atoms with E-state index < -0.39 is 29.8 Å². The van der Waals surface area contributed by atoms with Gasteiger partial charge in [-0.3, -0.25) is 0 Å². The number of aliphatic hydroxyl groups is 4. The maximum absolute atomic E-state index is 10.5. The SMILES string of the molecule is CC(C)(C)CC(O)COCC(COCC(O)CC(C)(C)C)(COCC(O)CC(C)(C)C)COCC(O)CC(C)(C)C. The van der Waals surface area contributed by atoms with Gasteiger partial charge < -0.3 is 39.4 Å². The van der Waals surface area contributed by atoms with Crippen LogP contribution in [0.2, 0.25) is 0 Å². The van der Waals surface area contributed by atoms with Crippen LogP contribution in [-0.2, 0) is 18.9 Å². The molecule has 0 aromatic rings. The van der Waals surface area contributed by atoms with E-state index in [4.69, 9.17) is 18.9 Å². The molecule has 0 aromatic carbocycles. The molecule has 0 fully saturated rings. The van der Waals surface area contributed by atoms with Crippen molar-refractivity contribution in [2.75, 3.05) is 52.9 Å². The van der Waals surface area contributed by atoms with Gasteiger partial charge in [0.25, 0.3) is 0 Å². The van der Waals surface area contributed by atoms with E-state index >= 15 is 0 Å². The van der Waals surface area contributed by atoms with Crippen LogP contribution in [0.1, 0.15) is 109 Å². The summed E-state index contributed by atoms with van der Waals surface area (Å²) in [5.41, 5.74) is -0.920. The number of hydrogen-bond acceptors (Lipinski definition) is 8. The predicted octanol–water partition coefficient (Wildman–Crippen LogP) is 5.23. The highest BCUT2D eigenvalue weighted by Crippen LogP contribution is 2.27. The van der Waals surface area contributed by atoms with Crippen molar-refractivity contribution >= 4 is 0 Å². The first-order valence-corrected chi connectivity index (χ1v) is 15.4. The third-order valence-electron chi connectivity index (χ3n) is 6.27. The van der Waals surface area contributed by atoms with Crippen LogP contribution in [-0.4, -0.2) is 97.7 Å². The van der Waals surface area contributed by atoms with Crippen molar-refractivity contribution in [1.29, 1.82) is 0 Å². The molecule has 0 saturated carbocycles. The van der Waals surface area contributed by atoms with Crippen LogP contribution in [0.25, 0.3) is 0 Å². The molecular formula is C33H68O8. The van der Waals surface area contributed by atoms with Crippen molar-refractivity contribution in [3.05, 3.63) is 0 Å². The highest BCUT2D eigenvalue weighted by atomic mass is 16.5. The molecule has 248 valence electrons. The van der Waals surface area contributed by atoms with Gasteiger partial charge in [-0.05, 0) is 47.3 Å². The molecule has 0 radical (unpaired) electrons. The normalized spacial score (nSPS) is 18.1. The lowest BCUT2D eigenvalue weighted by Gasteiger charge is -2.35. The van der Waals surface area contributed by atoms with E-state index in [0.29, 0.717) is 25.7 Å². The molecule has 0 aliphatic rings. The van der Waals surface area contributed by atoms with Crippen molar-refractivity contribution in [1.82, 2.24) is 0 Å². The van der Waals surface area contributed by atoms with E-state index in [1.807, 2.05) is 0 Å². The van der Waals surface area contributed by atoms with Gasteiger partial charge in [0.1, 0.15) is 0 Å². The van der Waals surface area contributed by atoms with Crippen LogP contribution >= 0.6 is 0 Å². The first-order chi connectivity index (χ1) is 18.4. The molecule has 0 saturated heterocycles. The van der Waals surface area contributed by atoms with Crippen LogP contribution in [0.5, 0.6) is 0 Å². The summed E-state index contributed by atoms with van der Waals surface area (Å²) in [6.07, 6.45) is -0.0859. The molecule has 0 rings (SSSR count). The Morgan fingerprint density at radius 2 is 0.537 bits per heavy atom. The summed E-state index contributed by atoms with van der Waals surface area (Å²) < 4.78 is 24.2. The van der Waals surface area contributed by atoms with E-state index in [-0.39, 0.29) is 74.5 Å². The Labute approximate surface area is 252 Å². The molecule has 0 spiro atoms. The molecule has 0 heterocycles. The van der Waals surface area contributed by atoms with E-state index in [9.17, 15) is 20.4 Å². The van der Waals surface area contributed by atoms with Crippen LogP contribution in [0.3, 0.4) is 0 Å². The Balaban J connectivity index is 5.64. The molecule has 0 aromatic heterocycles. The molecule has 4 unspecified atom stereocenters. The molecule has 4 atom stereocenters. The van der Waals surface area contributed by atoms with Crippen molar-refractivity contribution in [2.24, 2.45) is 27.1 Å². The van der Waals surface area contributed by atoms with Crippen molar-refractivity contribution < 1.29 is 39.4 Å². The molecule has 0 bridgehead atoms. The summed E-state index contributed by atoms with van der Waals surface area (Å²) in [6.45, 7) is 26.3. The summed E-state index contributed by atoms with van der Waals surface area (Å²) in [6, 6.07) is 0. The molecule has 8 heteroatoms. The summed E-state index contributed by atoms with van der Waals surface area (Å²) in [5.74, 6) is 0. The lowest BCUT2D eigenvalue weighted by atomic mass is 9.89.